The zero-order valence-electron chi connectivity index (χ0n) is 40.8. The number of thioether (sulfide) groups is 1. The number of carbonyl (C=O) groups excluding carboxylic acids is 11. The van der Waals surface area contributed by atoms with Crippen LogP contribution >= 0.6 is 11.8 Å². The number of rotatable bonds is 22. The molecule has 2 saturated heterocycles. The Labute approximate surface area is 407 Å². The highest BCUT2D eigenvalue weighted by molar-refractivity contribution is 7.99. The molecule has 28 heteroatoms. The quantitative estimate of drug-likeness (QED) is 0.0607. The molecule has 6 N–H and O–H groups in total. The summed E-state index contributed by atoms with van der Waals surface area (Å²) in [6, 6.07) is -4.43. The lowest BCUT2D eigenvalue weighted by Crippen LogP contribution is -2.66. The van der Waals surface area contributed by atoms with Crippen LogP contribution in [-0.4, -0.2) is 180 Å². The number of aliphatic hydroxyl groups excluding tert-OH is 1. The predicted octanol–water partition coefficient (Wildman–Crippen LogP) is -1.52. The Morgan fingerprint density at radius 2 is 1.06 bits per heavy atom. The molecule has 0 bridgehead atoms. The third kappa shape index (κ3) is 20.2. The summed E-state index contributed by atoms with van der Waals surface area (Å²) in [6.07, 6.45) is -18.1. The number of primary amides is 1. The highest BCUT2D eigenvalue weighted by Crippen LogP contribution is 2.38. The van der Waals surface area contributed by atoms with Crippen LogP contribution in [0.2, 0.25) is 0 Å². The van der Waals surface area contributed by atoms with Gasteiger partial charge in [-0.15, -0.1) is 11.8 Å². The Morgan fingerprint density at radius 1 is 0.600 bits per heavy atom. The molecule has 2 rings (SSSR count). The SMILES string of the molecule is CC(=O)OC[C@H]1O[C@@H](O[C@H]2[C@H](OC(C)=O)[C@@H](OC(C)=O)[C@H](SCC[C@H](NC(=O)[C@@H](NC(=O)OC(C)(C)C)[C@@H](C)O)C(=O)N[C@@H](C)C(N)=O)O[C@@H]2COC(C)=O)[C@H](OC(C)=O)[C@@H](OC(C)=O)[C@H]1OC(C)=O. The second-order valence-corrected chi connectivity index (χ2v) is 18.1. The summed E-state index contributed by atoms with van der Waals surface area (Å²) in [5.41, 5.74) is 2.95. The minimum absolute atomic E-state index is 0.205. The minimum atomic E-state index is -1.92. The third-order valence-electron chi connectivity index (χ3n) is 9.43. The van der Waals surface area contributed by atoms with E-state index in [1.165, 1.54) is 13.8 Å². The lowest BCUT2D eigenvalue weighted by molar-refractivity contribution is -0.341. The van der Waals surface area contributed by atoms with Crippen molar-refractivity contribution in [3.05, 3.63) is 0 Å². The normalized spacial score (nSPS) is 25.9. The fourth-order valence-electron chi connectivity index (χ4n) is 6.66. The van der Waals surface area contributed by atoms with Gasteiger partial charge in [0.05, 0.1) is 6.10 Å². The number of ether oxygens (including phenoxy) is 11. The first kappa shape index (κ1) is 60.3. The van der Waals surface area contributed by atoms with Gasteiger partial charge in [-0.2, -0.15) is 0 Å². The molecule has 0 aromatic rings. The average Bonchev–Trinajstić information content (AvgIpc) is 3.20. The zero-order valence-corrected chi connectivity index (χ0v) is 41.6. The van der Waals surface area contributed by atoms with Crippen molar-refractivity contribution in [3.63, 3.8) is 0 Å². The molecule has 0 aromatic carbocycles. The van der Waals surface area contributed by atoms with Crippen LogP contribution in [0, 0.1) is 0 Å². The molecular weight excluding hydrogens is 961 g/mol. The number of alkyl carbamates (subject to hydrolysis) is 1. The van der Waals surface area contributed by atoms with Crippen molar-refractivity contribution < 1.29 is 110 Å². The van der Waals surface area contributed by atoms with Crippen molar-refractivity contribution in [2.45, 2.75) is 180 Å². The first-order valence-corrected chi connectivity index (χ1v) is 22.7. The van der Waals surface area contributed by atoms with Crippen molar-refractivity contribution in [1.29, 1.82) is 0 Å². The molecule has 0 aliphatic carbocycles. The van der Waals surface area contributed by atoms with Crippen LogP contribution in [0.25, 0.3) is 0 Å². The van der Waals surface area contributed by atoms with Crippen molar-refractivity contribution >= 4 is 77.4 Å². The van der Waals surface area contributed by atoms with E-state index in [9.17, 15) is 57.8 Å². The molecule has 396 valence electrons. The summed E-state index contributed by atoms with van der Waals surface area (Å²) < 4.78 is 62.2. The van der Waals surface area contributed by atoms with E-state index in [2.05, 4.69) is 16.0 Å². The van der Waals surface area contributed by atoms with Crippen molar-refractivity contribution in [2.75, 3.05) is 19.0 Å². The Kier molecular flexibility index (Phi) is 23.7. The van der Waals surface area contributed by atoms with E-state index in [1.807, 2.05) is 0 Å². The van der Waals surface area contributed by atoms with Gasteiger partial charge in [0.15, 0.2) is 36.8 Å². The Hall–Kier alpha value is -5.84. The number of aliphatic hydroxyl groups is 1. The number of hydrogen-bond acceptors (Lipinski definition) is 24. The number of hydrogen-bond donors (Lipinski definition) is 5. The van der Waals surface area contributed by atoms with Crippen LogP contribution < -0.4 is 21.7 Å². The molecule has 2 aliphatic rings. The van der Waals surface area contributed by atoms with Gasteiger partial charge in [0.1, 0.15) is 60.7 Å². The summed E-state index contributed by atoms with van der Waals surface area (Å²) in [6.45, 7) is 12.9. The lowest BCUT2D eigenvalue weighted by atomic mass is 9.96. The molecule has 0 radical (unpaired) electrons. The molecule has 70 heavy (non-hydrogen) atoms. The molecule has 2 heterocycles. The van der Waals surface area contributed by atoms with Gasteiger partial charge >= 0.3 is 47.9 Å². The average molecular weight is 1030 g/mol. The second-order valence-electron chi connectivity index (χ2n) is 16.9. The van der Waals surface area contributed by atoms with Gasteiger partial charge in [-0.3, -0.25) is 47.9 Å². The van der Waals surface area contributed by atoms with Crippen LogP contribution in [0.3, 0.4) is 0 Å². The van der Waals surface area contributed by atoms with E-state index in [4.69, 9.17) is 57.8 Å². The van der Waals surface area contributed by atoms with Crippen LogP contribution in [0.4, 0.5) is 4.79 Å². The zero-order chi connectivity index (χ0) is 53.4. The molecule has 0 unspecified atom stereocenters. The molecule has 0 aromatic heterocycles. The van der Waals surface area contributed by atoms with Crippen molar-refractivity contribution in [2.24, 2.45) is 5.73 Å². The van der Waals surface area contributed by atoms with Gasteiger partial charge in [-0.25, -0.2) is 4.79 Å². The fraction of sp³-hybridized carbons (Fsp3) is 0.738. The topological polar surface area (TPSA) is 372 Å². The van der Waals surface area contributed by atoms with E-state index in [0.717, 1.165) is 60.2 Å². The van der Waals surface area contributed by atoms with E-state index in [0.29, 0.717) is 0 Å². The maximum absolute atomic E-state index is 13.6. The summed E-state index contributed by atoms with van der Waals surface area (Å²) in [4.78, 5) is 139. The summed E-state index contributed by atoms with van der Waals surface area (Å²) >= 11 is 0.822. The largest absolute Gasteiger partial charge is 0.463 e. The maximum Gasteiger partial charge on any atom is 0.408 e. The van der Waals surface area contributed by atoms with E-state index < -0.39 is 169 Å². The smallest absolute Gasteiger partial charge is 0.408 e. The maximum atomic E-state index is 13.6. The summed E-state index contributed by atoms with van der Waals surface area (Å²) in [7, 11) is 0. The van der Waals surface area contributed by atoms with Gasteiger partial charge in [0.25, 0.3) is 0 Å². The fourth-order valence-corrected chi connectivity index (χ4v) is 7.89. The number of nitrogens with two attached hydrogens (primary N) is 1. The van der Waals surface area contributed by atoms with Crippen molar-refractivity contribution in [3.8, 4) is 0 Å². The first-order chi connectivity index (χ1) is 32.4. The number of carbonyl (C=O) groups is 11. The highest BCUT2D eigenvalue weighted by Gasteiger charge is 2.57. The second kappa shape index (κ2) is 27.5. The van der Waals surface area contributed by atoms with E-state index >= 15 is 0 Å². The van der Waals surface area contributed by atoms with Crippen LogP contribution in [0.15, 0.2) is 0 Å². The van der Waals surface area contributed by atoms with Gasteiger partial charge in [0, 0.05) is 48.5 Å². The van der Waals surface area contributed by atoms with Gasteiger partial charge in [-0.05, 0) is 46.8 Å². The van der Waals surface area contributed by atoms with Gasteiger partial charge in [-0.1, -0.05) is 0 Å². The van der Waals surface area contributed by atoms with Crippen LogP contribution in [0.5, 0.6) is 0 Å². The number of nitrogens with one attached hydrogen (secondary N) is 3. The van der Waals surface area contributed by atoms with Gasteiger partial charge < -0.3 is 78.9 Å². The van der Waals surface area contributed by atoms with Crippen molar-refractivity contribution in [1.82, 2.24) is 16.0 Å². The highest BCUT2D eigenvalue weighted by atomic mass is 32.2. The molecule has 14 atom stereocenters. The molecule has 0 spiro atoms. The molecule has 27 nitrogen and oxygen atoms in total. The molecule has 2 fully saturated rings. The molecule has 0 saturated carbocycles. The third-order valence-corrected chi connectivity index (χ3v) is 10.6. The van der Waals surface area contributed by atoms with E-state index in [-0.39, 0.29) is 12.2 Å². The summed E-state index contributed by atoms with van der Waals surface area (Å²) in [5, 5.41) is 17.5. The lowest BCUT2D eigenvalue weighted by Gasteiger charge is -2.48. The molecular formula is C42H64N4O23S. The van der Waals surface area contributed by atoms with Crippen LogP contribution in [-0.2, 0) is 100 Å². The number of amides is 4. The molecule has 4 amide bonds. The van der Waals surface area contributed by atoms with E-state index in [1.54, 1.807) is 20.8 Å². The molecule has 2 aliphatic heterocycles. The number of esters is 7. The Balaban J connectivity index is 2.70. The predicted molar refractivity (Wildman–Crippen MR) is 234 cm³/mol. The van der Waals surface area contributed by atoms with Gasteiger partial charge in [0.2, 0.25) is 17.7 Å². The summed E-state index contributed by atoms with van der Waals surface area (Å²) in [5.74, 6) is -9.59. The first-order valence-electron chi connectivity index (χ1n) is 21.7. The monoisotopic (exact) mass is 1020 g/mol. The Bertz CT molecular complexity index is 1910. The van der Waals surface area contributed by atoms with Crippen LogP contribution in [0.1, 0.15) is 89.5 Å². The minimum Gasteiger partial charge on any atom is -0.463 e. The Morgan fingerprint density at radius 3 is 1.51 bits per heavy atom. The standard InChI is InChI=1S/C42H64N4O23S/c1-17(36(43)55)44-37(56)26(45-38(57)29(18(2)47)46-41(58)69-42(10,11)12)13-14-70-40-35(65-25(9)54)33(63-23(7)52)31(28(67-40)16-60-20(4)49)68-39-34(64-24(8)53)32(62-22(6)51)30(61-21(5)50)27(66-39)15-59-19(3)48/h17-18,26-35,39-40,47H,13-16H2,1-12H3,(H2,43,55)(H,44,56)(H,45,57)(H,46,58)/t17-,18+,26-,27+,28+,29-,30-,31+,32-,33-,34+,35+,39-,40-/m0/s1.